The molecule has 35 heteroatoms. The van der Waals surface area contributed by atoms with Crippen molar-refractivity contribution in [1.82, 2.24) is 75.2 Å². The molecule has 0 radical (unpaired) electrons. The van der Waals surface area contributed by atoms with Gasteiger partial charge in [0, 0.05) is 96.3 Å². The monoisotopic (exact) mass is 1980 g/mol. The first-order chi connectivity index (χ1) is 69.1. The van der Waals surface area contributed by atoms with Crippen LogP contribution < -0.4 is 49.9 Å². The van der Waals surface area contributed by atoms with Gasteiger partial charge in [-0.2, -0.15) is 11.8 Å². The van der Waals surface area contributed by atoms with Gasteiger partial charge < -0.3 is 98.9 Å². The van der Waals surface area contributed by atoms with Crippen LogP contribution >= 0.6 is 11.8 Å². The van der Waals surface area contributed by atoms with E-state index >= 15 is 4.79 Å². The summed E-state index contributed by atoms with van der Waals surface area (Å²) in [6, 6.07) is 64.3. The first-order valence-electron chi connectivity index (χ1n) is 49.8. The van der Waals surface area contributed by atoms with E-state index in [1.807, 2.05) is 212 Å². The van der Waals surface area contributed by atoms with Crippen LogP contribution in [0.3, 0.4) is 0 Å². The minimum absolute atomic E-state index is 0.00230. The molecule has 2 saturated heterocycles. The maximum absolute atomic E-state index is 15.0. The Morgan fingerprint density at radius 2 is 0.650 bits per heavy atom. The zero-order chi connectivity index (χ0) is 103. The van der Waals surface area contributed by atoms with Crippen LogP contribution in [0.15, 0.2) is 225 Å². The first-order valence-corrected chi connectivity index (χ1v) is 50.8. The molecule has 9 rings (SSSR count). The number of primary amides is 1. The fourth-order valence-electron chi connectivity index (χ4n) is 16.7. The van der Waals surface area contributed by atoms with Crippen molar-refractivity contribution in [3.05, 3.63) is 264 Å². The molecule has 0 saturated carbocycles. The molecule has 2 aliphatic heterocycles. The Bertz CT molecular complexity index is 5110. The fourth-order valence-corrected chi connectivity index (χ4v) is 18.2. The van der Waals surface area contributed by atoms with Crippen molar-refractivity contribution in [2.75, 3.05) is 144 Å². The van der Waals surface area contributed by atoms with Gasteiger partial charge in [-0.05, 0) is 169 Å². The average molecular weight is 1980 g/mol. The van der Waals surface area contributed by atoms with Crippen LogP contribution in [0.2, 0.25) is 0 Å². The molecule has 7 aromatic carbocycles. The smallest absolute Gasteiger partial charge is 0.242 e. The Balaban J connectivity index is 0.000000379. The van der Waals surface area contributed by atoms with E-state index < -0.39 is 97.8 Å². The van der Waals surface area contributed by atoms with Crippen LogP contribution in [0.25, 0.3) is 0 Å². The van der Waals surface area contributed by atoms with Gasteiger partial charge in [-0.3, -0.25) is 72.0 Å². The number of fused-ring (bicyclic) bond motifs is 1. The number of carbonyl (C=O) groups excluding carboxylic acids is 14. The minimum Gasteiger partial charge on any atom is -0.368 e. The fraction of sp³-hybridized carbons (Fsp3) is 0.463. The lowest BCUT2D eigenvalue weighted by Gasteiger charge is -2.33. The van der Waals surface area contributed by atoms with Crippen molar-refractivity contribution >= 4 is 94.3 Å². The summed E-state index contributed by atoms with van der Waals surface area (Å²) in [4.78, 5) is 210. The lowest BCUT2D eigenvalue weighted by Crippen LogP contribution is -2.52. The van der Waals surface area contributed by atoms with Gasteiger partial charge in [0.15, 0.2) is 0 Å². The SMILES string of the molecule is C=C1N[C@H]2CSC(CCCCC(=O)NCCCC[C@H](NC(=O)CN(Cc3ccccc3)C(=O)CN(Cc3ccccc3)C(=O)CN(C)CCCCN)C(N)=O)[C@H]2N1.CC(=O)CN(Cc1ccccc1)C(=O)CN(CCCCN)C(=O)CN(Cc1ccccc1)C(=O)CN(Cc1ccccc1)C(=O)CN(CCCCN)C(=O)CN(Cc1ccccc1)C(=O)CN(CCCCN)C(=O)CN(Cc1ccccc1)C(C)=O. The number of likely N-dealkylation sites (N-methyl/N-ethyl adjacent to an activating group) is 1. The largest absolute Gasteiger partial charge is 0.368 e. The third kappa shape index (κ3) is 43.3. The molecule has 2 heterocycles. The Hall–Kier alpha value is -13.2. The molecule has 2 fully saturated rings. The molecule has 0 bridgehead atoms. The van der Waals surface area contributed by atoms with Crippen molar-refractivity contribution in [3.8, 4) is 0 Å². The van der Waals surface area contributed by atoms with Gasteiger partial charge in [-0.25, -0.2) is 0 Å². The van der Waals surface area contributed by atoms with Crippen LogP contribution in [0.4, 0.5) is 0 Å². The van der Waals surface area contributed by atoms with Gasteiger partial charge in [-0.15, -0.1) is 0 Å². The molecule has 13 amide bonds. The van der Waals surface area contributed by atoms with Crippen LogP contribution in [0.1, 0.15) is 149 Å². The summed E-state index contributed by atoms with van der Waals surface area (Å²) >= 11 is 1.97. The number of thioether (sulfide) groups is 1. The minimum atomic E-state index is -0.942. The van der Waals surface area contributed by atoms with Gasteiger partial charge in [-0.1, -0.05) is 225 Å². The van der Waals surface area contributed by atoms with E-state index in [0.717, 1.165) is 65.9 Å². The number of nitrogens with one attached hydrogen (secondary N) is 4. The van der Waals surface area contributed by atoms with Crippen LogP contribution in [-0.2, 0) is 113 Å². The van der Waals surface area contributed by atoms with Crippen molar-refractivity contribution in [2.24, 2.45) is 28.7 Å². The van der Waals surface area contributed by atoms with Crippen molar-refractivity contribution in [2.45, 2.75) is 179 Å². The van der Waals surface area contributed by atoms with Gasteiger partial charge in [0.05, 0.1) is 57.2 Å². The van der Waals surface area contributed by atoms with Crippen molar-refractivity contribution in [3.63, 3.8) is 0 Å². The summed E-state index contributed by atoms with van der Waals surface area (Å²) in [6.45, 7) is 6.90. The number of nitrogens with zero attached hydrogens (tertiary/aromatic N) is 11. The van der Waals surface area contributed by atoms with Gasteiger partial charge in [0.2, 0.25) is 76.8 Å². The predicted molar refractivity (Wildman–Crippen MR) is 555 cm³/mol. The van der Waals surface area contributed by atoms with Gasteiger partial charge in [0.25, 0.3) is 0 Å². The topological polar surface area (TPSA) is 453 Å². The summed E-state index contributed by atoms with van der Waals surface area (Å²) in [5, 5.41) is 13.0. The number of carbonyl (C=O) groups is 14. The number of ketones is 1. The quantitative estimate of drug-likeness (QED) is 0.0184. The highest BCUT2D eigenvalue weighted by molar-refractivity contribution is 8.00. The Morgan fingerprint density at radius 3 is 0.979 bits per heavy atom. The Kier molecular flexibility index (Phi) is 51.8. The highest BCUT2D eigenvalue weighted by atomic mass is 32.2. The number of nitrogens with two attached hydrogens (primary N) is 5. The van der Waals surface area contributed by atoms with Crippen LogP contribution in [0.5, 0.6) is 0 Å². The second-order valence-corrected chi connectivity index (χ2v) is 37.8. The van der Waals surface area contributed by atoms with E-state index in [2.05, 4.69) is 27.8 Å². The molecule has 0 aromatic heterocycles. The molecule has 34 nitrogen and oxygen atoms in total. The van der Waals surface area contributed by atoms with E-state index in [4.69, 9.17) is 28.7 Å². The highest BCUT2D eigenvalue weighted by Crippen LogP contribution is 2.34. The summed E-state index contributed by atoms with van der Waals surface area (Å²) < 4.78 is 0. The van der Waals surface area contributed by atoms with E-state index in [0.29, 0.717) is 131 Å². The zero-order valence-electron chi connectivity index (χ0n) is 83.6. The molecule has 14 N–H and O–H groups in total. The normalized spacial score (nSPS) is 13.5. The number of hydrogen-bond acceptors (Lipinski definition) is 22. The third-order valence-corrected chi connectivity index (χ3v) is 26.1. The number of hydrogen-bond donors (Lipinski definition) is 9. The van der Waals surface area contributed by atoms with Crippen molar-refractivity contribution in [1.29, 1.82) is 0 Å². The summed E-state index contributed by atoms with van der Waals surface area (Å²) in [5.74, 6) is -4.12. The average Bonchev–Trinajstić information content (AvgIpc) is 1.69. The summed E-state index contributed by atoms with van der Waals surface area (Å²) in [6.07, 6.45) is 9.49. The van der Waals surface area contributed by atoms with E-state index in [1.54, 1.807) is 24.3 Å². The standard InChI is InChI=1S/C66H87N11O9.C42H63N9O5S/c1-53(78)40-74(42-56-26-10-4-11-27-56)63(83)46-71(38-22-19-35-68)62(82)51-76(44-58-30-14-6-15-31-58)66(86)52-77(45-59-32-16-7-17-33-59)65(85)48-72(39-23-20-36-69)61(81)50-75(43-57-28-12-5-13-29-57)64(84)47-70(37-21-18-34-67)60(80)49-73(54(2)79)41-55-24-8-3-9-25-55;1-31-46-35-30-57-36(41(35)47-31)20-9-10-21-37(52)45-23-13-11-19-34(42(44)56)48-38(53)27-50(25-32-15-5-3-6-16-32)40(55)29-51(26-33-17-7-4-8-18-33)39(54)28-49(2)24-14-12-22-43/h3-17,24-33H,18-23,34-52,67-69H2,1-2H3;3-8,15-18,34-36,41,46-47H,1,9-14,19-30,43H2,2H3,(H2,44,56)(H,45,52)(H,48,53)/t;34-,35-,36?,41-/m.0/s1. The maximum atomic E-state index is 15.0. The van der Waals surface area contributed by atoms with Crippen LogP contribution in [0, 0.1) is 0 Å². The van der Waals surface area contributed by atoms with E-state index in [-0.39, 0.29) is 135 Å². The third-order valence-electron chi connectivity index (χ3n) is 24.6. The molecule has 4 atom stereocenters. The second kappa shape index (κ2) is 64.4. The highest BCUT2D eigenvalue weighted by Gasteiger charge is 2.41. The molecular formula is C108H150N20O14S. The number of benzene rings is 7. The molecule has 0 spiro atoms. The zero-order valence-corrected chi connectivity index (χ0v) is 84.4. The number of unbranched alkanes of at least 4 members (excludes halogenated alkanes) is 6. The molecule has 1 unspecified atom stereocenters. The van der Waals surface area contributed by atoms with Gasteiger partial charge >= 0.3 is 0 Å². The predicted octanol–water partition coefficient (Wildman–Crippen LogP) is 6.49. The number of Topliss-reactive ketones (excluding diaryl/α,β-unsaturated/α-hetero) is 1. The van der Waals surface area contributed by atoms with Crippen LogP contribution in [-0.4, -0.2) is 304 Å². The van der Waals surface area contributed by atoms with Gasteiger partial charge in [0.1, 0.15) is 44.5 Å². The summed E-state index contributed by atoms with van der Waals surface area (Å²) in [7, 11) is 1.87. The molecule has 7 aromatic rings. The van der Waals surface area contributed by atoms with E-state index in [1.165, 1.54) is 62.8 Å². The van der Waals surface area contributed by atoms with E-state index in [9.17, 15) is 62.3 Å². The molecule has 2 aliphatic rings. The lowest BCUT2D eigenvalue weighted by molar-refractivity contribution is -0.149. The molecule has 143 heavy (non-hydrogen) atoms. The Morgan fingerprint density at radius 1 is 0.350 bits per heavy atom. The maximum Gasteiger partial charge on any atom is 0.242 e. The Labute approximate surface area is 847 Å². The number of amides is 13. The molecular weight excluding hydrogens is 1830 g/mol. The summed E-state index contributed by atoms with van der Waals surface area (Å²) in [5.41, 5.74) is 34.4. The number of rotatable bonds is 64. The molecule has 772 valence electrons. The molecule has 0 aliphatic carbocycles. The first kappa shape index (κ1) is 115. The lowest BCUT2D eigenvalue weighted by atomic mass is 10.0. The second-order valence-electron chi connectivity index (χ2n) is 36.5. The van der Waals surface area contributed by atoms with Crippen molar-refractivity contribution < 1.29 is 67.1 Å².